The molecule has 0 aromatic carbocycles. The van der Waals surface area contributed by atoms with E-state index < -0.39 is 0 Å². The minimum Gasteiger partial charge on any atom is -0.379 e. The van der Waals surface area contributed by atoms with Crippen LogP contribution in [-0.4, -0.2) is 42.5 Å². The van der Waals surface area contributed by atoms with Crippen molar-refractivity contribution in [1.82, 2.24) is 4.90 Å². The van der Waals surface area contributed by atoms with Crippen LogP contribution >= 0.6 is 0 Å². The molecule has 0 spiro atoms. The van der Waals surface area contributed by atoms with Crippen molar-refractivity contribution in [1.29, 1.82) is 0 Å². The molecule has 1 atom stereocenters. The lowest BCUT2D eigenvalue weighted by Gasteiger charge is -2.38. The summed E-state index contributed by atoms with van der Waals surface area (Å²) in [5.74, 6) is 0. The molecular formula is C9H19NO2. The van der Waals surface area contributed by atoms with E-state index in [-0.39, 0.29) is 11.6 Å². The highest BCUT2D eigenvalue weighted by Gasteiger charge is 2.28. The Bertz CT molecular complexity index is 136. The van der Waals surface area contributed by atoms with Crippen LogP contribution in [0.25, 0.3) is 0 Å². The summed E-state index contributed by atoms with van der Waals surface area (Å²) in [7, 11) is 0. The van der Waals surface area contributed by atoms with Crippen LogP contribution in [0.1, 0.15) is 20.8 Å². The molecule has 3 nitrogen and oxygen atoms in total. The van der Waals surface area contributed by atoms with Gasteiger partial charge in [0.15, 0.2) is 0 Å². The molecule has 0 aliphatic carbocycles. The summed E-state index contributed by atoms with van der Waals surface area (Å²) >= 11 is 0. The van der Waals surface area contributed by atoms with Gasteiger partial charge in [-0.15, -0.1) is 0 Å². The molecule has 1 heterocycles. The van der Waals surface area contributed by atoms with Crippen molar-refractivity contribution in [2.45, 2.75) is 27.0 Å². The summed E-state index contributed by atoms with van der Waals surface area (Å²) in [5.41, 5.74) is -0.0582. The Morgan fingerprint density at radius 2 is 1.75 bits per heavy atom. The molecule has 0 saturated carbocycles. The maximum atomic E-state index is 9.88. The lowest BCUT2D eigenvalue weighted by Crippen LogP contribution is -2.49. The van der Waals surface area contributed by atoms with Gasteiger partial charge in [0.1, 0.15) is 6.23 Å². The van der Waals surface area contributed by atoms with Crippen LogP contribution in [0.15, 0.2) is 0 Å². The molecular weight excluding hydrogens is 154 g/mol. The molecule has 0 aromatic rings. The van der Waals surface area contributed by atoms with E-state index in [9.17, 15) is 5.11 Å². The van der Waals surface area contributed by atoms with Crippen LogP contribution in [0.4, 0.5) is 0 Å². The standard InChI is InChI=1S/C9H19NO2/c1-9(2,3)8(11)10-4-6-12-7-5-10/h8,11H,4-7H2,1-3H3. The van der Waals surface area contributed by atoms with Gasteiger partial charge in [-0.05, 0) is 0 Å². The monoisotopic (exact) mass is 173 g/mol. The summed E-state index contributed by atoms with van der Waals surface area (Å²) in [5, 5.41) is 9.88. The Balaban J connectivity index is 2.45. The number of nitrogens with zero attached hydrogens (tertiary/aromatic N) is 1. The van der Waals surface area contributed by atoms with Gasteiger partial charge < -0.3 is 9.84 Å². The van der Waals surface area contributed by atoms with Gasteiger partial charge in [0.05, 0.1) is 13.2 Å². The fourth-order valence-corrected chi connectivity index (χ4v) is 1.37. The summed E-state index contributed by atoms with van der Waals surface area (Å²) in [6.45, 7) is 9.32. The van der Waals surface area contributed by atoms with Crippen molar-refractivity contribution >= 4 is 0 Å². The number of hydrogen-bond acceptors (Lipinski definition) is 3. The van der Waals surface area contributed by atoms with Crippen molar-refractivity contribution in [3.63, 3.8) is 0 Å². The molecule has 0 aromatic heterocycles. The number of ether oxygens (including phenoxy) is 1. The normalized spacial score (nSPS) is 24.0. The first-order valence-electron chi connectivity index (χ1n) is 4.51. The van der Waals surface area contributed by atoms with Crippen LogP contribution < -0.4 is 0 Å². The lowest BCUT2D eigenvalue weighted by molar-refractivity contribution is -0.107. The third kappa shape index (κ3) is 2.44. The zero-order valence-corrected chi connectivity index (χ0v) is 8.21. The molecule has 1 unspecified atom stereocenters. The first-order valence-corrected chi connectivity index (χ1v) is 4.51. The number of aliphatic hydroxyl groups excluding tert-OH is 1. The van der Waals surface area contributed by atoms with E-state index in [4.69, 9.17) is 4.74 Å². The highest BCUT2D eigenvalue weighted by Crippen LogP contribution is 2.22. The van der Waals surface area contributed by atoms with Crippen molar-refractivity contribution in [3.05, 3.63) is 0 Å². The first kappa shape index (κ1) is 9.96. The second-order valence-electron chi connectivity index (χ2n) is 4.39. The number of aliphatic hydroxyl groups is 1. The number of rotatable bonds is 1. The Labute approximate surface area is 74.3 Å². The molecule has 1 N–H and O–H groups in total. The fraction of sp³-hybridized carbons (Fsp3) is 1.00. The molecule has 1 fully saturated rings. The van der Waals surface area contributed by atoms with E-state index in [0.29, 0.717) is 0 Å². The Morgan fingerprint density at radius 1 is 1.25 bits per heavy atom. The number of hydrogen-bond donors (Lipinski definition) is 1. The average Bonchev–Trinajstić information content (AvgIpc) is 2.03. The molecule has 0 amide bonds. The topological polar surface area (TPSA) is 32.7 Å². The van der Waals surface area contributed by atoms with Crippen molar-refractivity contribution < 1.29 is 9.84 Å². The SMILES string of the molecule is CC(C)(C)C(O)N1CCOCC1. The highest BCUT2D eigenvalue weighted by molar-refractivity contribution is 4.75. The van der Waals surface area contributed by atoms with E-state index >= 15 is 0 Å². The van der Waals surface area contributed by atoms with Gasteiger partial charge in [0.2, 0.25) is 0 Å². The van der Waals surface area contributed by atoms with Gasteiger partial charge in [-0.2, -0.15) is 0 Å². The van der Waals surface area contributed by atoms with Crippen molar-refractivity contribution in [2.24, 2.45) is 5.41 Å². The van der Waals surface area contributed by atoms with E-state index in [1.165, 1.54) is 0 Å². The fourth-order valence-electron chi connectivity index (χ4n) is 1.37. The minimum absolute atomic E-state index is 0.0582. The molecule has 1 saturated heterocycles. The quantitative estimate of drug-likeness (QED) is 0.633. The van der Waals surface area contributed by atoms with Gasteiger partial charge in [-0.3, -0.25) is 4.90 Å². The third-order valence-corrected chi connectivity index (χ3v) is 2.17. The number of morpholine rings is 1. The smallest absolute Gasteiger partial charge is 0.112 e. The average molecular weight is 173 g/mol. The van der Waals surface area contributed by atoms with Gasteiger partial charge >= 0.3 is 0 Å². The van der Waals surface area contributed by atoms with Gasteiger partial charge in [0, 0.05) is 18.5 Å². The summed E-state index contributed by atoms with van der Waals surface area (Å²) in [6, 6.07) is 0. The first-order chi connectivity index (χ1) is 5.52. The van der Waals surface area contributed by atoms with Crippen LogP contribution in [0.5, 0.6) is 0 Å². The zero-order chi connectivity index (χ0) is 9.19. The predicted molar refractivity (Wildman–Crippen MR) is 47.9 cm³/mol. The van der Waals surface area contributed by atoms with Crippen LogP contribution in [-0.2, 0) is 4.74 Å². The van der Waals surface area contributed by atoms with Crippen molar-refractivity contribution in [2.75, 3.05) is 26.3 Å². The van der Waals surface area contributed by atoms with Crippen LogP contribution in [0.2, 0.25) is 0 Å². The van der Waals surface area contributed by atoms with E-state index in [0.717, 1.165) is 26.3 Å². The van der Waals surface area contributed by atoms with Gasteiger partial charge in [-0.25, -0.2) is 0 Å². The molecule has 0 radical (unpaired) electrons. The molecule has 12 heavy (non-hydrogen) atoms. The Kier molecular flexibility index (Phi) is 3.09. The third-order valence-electron chi connectivity index (χ3n) is 2.17. The predicted octanol–water partition coefficient (Wildman–Crippen LogP) is 0.683. The minimum atomic E-state index is -0.346. The maximum Gasteiger partial charge on any atom is 0.112 e. The van der Waals surface area contributed by atoms with E-state index in [1.807, 2.05) is 20.8 Å². The molecule has 0 bridgehead atoms. The van der Waals surface area contributed by atoms with E-state index in [1.54, 1.807) is 0 Å². The molecule has 1 aliphatic heterocycles. The molecule has 1 aliphatic rings. The van der Waals surface area contributed by atoms with Crippen molar-refractivity contribution in [3.8, 4) is 0 Å². The Hall–Kier alpha value is -0.120. The lowest BCUT2D eigenvalue weighted by atomic mass is 9.93. The summed E-state index contributed by atoms with van der Waals surface area (Å²) in [6.07, 6.45) is -0.346. The Morgan fingerprint density at radius 3 is 2.17 bits per heavy atom. The summed E-state index contributed by atoms with van der Waals surface area (Å²) < 4.78 is 5.21. The zero-order valence-electron chi connectivity index (χ0n) is 8.21. The summed E-state index contributed by atoms with van der Waals surface area (Å²) in [4.78, 5) is 2.07. The van der Waals surface area contributed by atoms with Crippen LogP contribution in [0, 0.1) is 5.41 Å². The second-order valence-corrected chi connectivity index (χ2v) is 4.39. The van der Waals surface area contributed by atoms with Crippen LogP contribution in [0.3, 0.4) is 0 Å². The molecule has 72 valence electrons. The van der Waals surface area contributed by atoms with Gasteiger partial charge in [-0.1, -0.05) is 20.8 Å². The van der Waals surface area contributed by atoms with Gasteiger partial charge in [0.25, 0.3) is 0 Å². The maximum absolute atomic E-state index is 9.88. The largest absolute Gasteiger partial charge is 0.379 e. The highest BCUT2D eigenvalue weighted by atomic mass is 16.5. The molecule has 3 heteroatoms. The van der Waals surface area contributed by atoms with E-state index in [2.05, 4.69) is 4.90 Å². The second kappa shape index (κ2) is 3.73. The molecule has 1 rings (SSSR count).